The average Bonchev–Trinajstić information content (AvgIpc) is 2.46. The smallest absolute Gasteiger partial charge is 0.180 e. The number of nitriles is 1. The van der Waals surface area contributed by atoms with Gasteiger partial charge in [0.15, 0.2) is 5.78 Å². The Balaban J connectivity index is 2.14. The van der Waals surface area contributed by atoms with E-state index in [1.165, 1.54) is 6.42 Å². The van der Waals surface area contributed by atoms with Crippen LogP contribution < -0.4 is 0 Å². The molecule has 0 saturated carbocycles. The molecule has 4 nitrogen and oxygen atoms in total. The zero-order valence-electron chi connectivity index (χ0n) is 10.7. The Hall–Kier alpha value is -2.15. The second-order valence-corrected chi connectivity index (χ2v) is 4.99. The zero-order chi connectivity index (χ0) is 13.2. The van der Waals surface area contributed by atoms with Crippen LogP contribution in [-0.2, 0) is 11.2 Å². The number of nitrogens with zero attached hydrogens (tertiary/aromatic N) is 3. The van der Waals surface area contributed by atoms with Gasteiger partial charge in [0.25, 0.3) is 0 Å². The summed E-state index contributed by atoms with van der Waals surface area (Å²) in [7, 11) is 0. The van der Waals surface area contributed by atoms with Gasteiger partial charge in [-0.3, -0.25) is 9.78 Å². The Kier molecular flexibility index (Phi) is 3.04. The third-order valence-corrected chi connectivity index (χ3v) is 3.77. The van der Waals surface area contributed by atoms with Gasteiger partial charge in [-0.25, -0.2) is 0 Å². The summed E-state index contributed by atoms with van der Waals surface area (Å²) < 4.78 is 0. The number of rotatable bonds is 1. The molecule has 96 valence electrons. The van der Waals surface area contributed by atoms with Crippen LogP contribution in [0.4, 0.5) is 0 Å². The summed E-state index contributed by atoms with van der Waals surface area (Å²) in [6.45, 7) is 1.81. The van der Waals surface area contributed by atoms with E-state index in [2.05, 4.69) is 16.0 Å². The lowest BCUT2D eigenvalue weighted by Crippen LogP contribution is -2.33. The largest absolute Gasteiger partial charge is 0.369 e. The van der Waals surface area contributed by atoms with Gasteiger partial charge in [-0.2, -0.15) is 5.26 Å². The second-order valence-electron chi connectivity index (χ2n) is 4.99. The number of aromatic nitrogens is 1. The van der Waals surface area contributed by atoms with Crippen LogP contribution in [0.5, 0.6) is 0 Å². The molecule has 0 atom stereocenters. The first-order valence-corrected chi connectivity index (χ1v) is 6.68. The van der Waals surface area contributed by atoms with Crippen molar-refractivity contribution in [3.8, 4) is 6.07 Å². The van der Waals surface area contributed by atoms with Crippen molar-refractivity contribution in [2.75, 3.05) is 13.1 Å². The van der Waals surface area contributed by atoms with Gasteiger partial charge in [-0.05, 0) is 30.9 Å². The first kappa shape index (κ1) is 11.9. The monoisotopic (exact) mass is 253 g/mol. The van der Waals surface area contributed by atoms with E-state index >= 15 is 0 Å². The first-order chi connectivity index (χ1) is 9.31. The number of pyridine rings is 1. The van der Waals surface area contributed by atoms with Crippen LogP contribution in [0, 0.1) is 11.3 Å². The van der Waals surface area contributed by atoms with Crippen molar-refractivity contribution in [3.63, 3.8) is 0 Å². The van der Waals surface area contributed by atoms with E-state index in [0.717, 1.165) is 42.9 Å². The van der Waals surface area contributed by atoms with E-state index in [1.54, 1.807) is 6.20 Å². The predicted octanol–water partition coefficient (Wildman–Crippen LogP) is 1.93. The molecule has 1 aromatic rings. The summed E-state index contributed by atoms with van der Waals surface area (Å²) in [4.78, 5) is 18.7. The molecule has 0 spiro atoms. The second kappa shape index (κ2) is 4.85. The minimum Gasteiger partial charge on any atom is -0.369 e. The summed E-state index contributed by atoms with van der Waals surface area (Å²) in [6, 6.07) is 5.86. The fraction of sp³-hybridized carbons (Fsp3) is 0.400. The lowest BCUT2D eigenvalue weighted by molar-refractivity contribution is -0.114. The van der Waals surface area contributed by atoms with Crippen molar-refractivity contribution in [2.24, 2.45) is 0 Å². The molecule has 3 rings (SSSR count). The number of hydrogen-bond acceptors (Lipinski definition) is 4. The lowest BCUT2D eigenvalue weighted by atomic mass is 9.91. The molecule has 0 amide bonds. The Morgan fingerprint density at radius 3 is 2.79 bits per heavy atom. The van der Waals surface area contributed by atoms with Crippen LogP contribution in [0.25, 0.3) is 5.70 Å². The number of piperidine rings is 1. The van der Waals surface area contributed by atoms with Gasteiger partial charge in [0.05, 0.1) is 11.4 Å². The minimum absolute atomic E-state index is 0.0800. The number of hydrogen-bond donors (Lipinski definition) is 0. The molecule has 1 aromatic heterocycles. The van der Waals surface area contributed by atoms with E-state index in [0.29, 0.717) is 6.42 Å². The molecule has 0 bridgehead atoms. The number of ketones is 1. The Morgan fingerprint density at radius 1 is 1.26 bits per heavy atom. The average molecular weight is 253 g/mol. The molecule has 0 aromatic carbocycles. The molecule has 4 heteroatoms. The van der Waals surface area contributed by atoms with E-state index < -0.39 is 0 Å². The third kappa shape index (κ3) is 2.01. The number of Topliss-reactive ketones (excluding diaryl/α,β-unsaturated/α-hetero) is 1. The van der Waals surface area contributed by atoms with Crippen molar-refractivity contribution < 1.29 is 4.79 Å². The van der Waals surface area contributed by atoms with Gasteiger partial charge in [0.1, 0.15) is 11.6 Å². The van der Waals surface area contributed by atoms with E-state index in [1.807, 2.05) is 12.1 Å². The Labute approximate surface area is 112 Å². The maximum absolute atomic E-state index is 12.1. The van der Waals surface area contributed by atoms with Gasteiger partial charge >= 0.3 is 0 Å². The Bertz CT molecular complexity index is 592. The van der Waals surface area contributed by atoms with Crippen molar-refractivity contribution in [1.29, 1.82) is 5.26 Å². The highest BCUT2D eigenvalue weighted by molar-refractivity contribution is 6.09. The molecular formula is C15H15N3O. The van der Waals surface area contributed by atoms with E-state index in [-0.39, 0.29) is 11.4 Å². The van der Waals surface area contributed by atoms with Crippen molar-refractivity contribution >= 4 is 11.5 Å². The van der Waals surface area contributed by atoms with Gasteiger partial charge in [-0.1, -0.05) is 6.07 Å². The normalized spacial score (nSPS) is 19.1. The highest BCUT2D eigenvalue weighted by atomic mass is 16.1. The minimum atomic E-state index is -0.0800. The van der Waals surface area contributed by atoms with E-state index in [4.69, 9.17) is 0 Å². The summed E-state index contributed by atoms with van der Waals surface area (Å²) in [6.07, 6.45) is 5.46. The fourth-order valence-electron chi connectivity index (χ4n) is 2.85. The molecule has 1 aliphatic heterocycles. The molecular weight excluding hydrogens is 238 g/mol. The number of carbonyl (C=O) groups is 1. The summed E-state index contributed by atoms with van der Waals surface area (Å²) in [5.41, 5.74) is 2.80. The molecule has 2 heterocycles. The van der Waals surface area contributed by atoms with Crippen LogP contribution in [0.15, 0.2) is 23.9 Å². The molecule has 2 aliphatic rings. The van der Waals surface area contributed by atoms with Gasteiger partial charge in [0.2, 0.25) is 0 Å². The first-order valence-electron chi connectivity index (χ1n) is 6.68. The third-order valence-electron chi connectivity index (χ3n) is 3.77. The quantitative estimate of drug-likeness (QED) is 0.767. The molecule has 19 heavy (non-hydrogen) atoms. The van der Waals surface area contributed by atoms with E-state index in [9.17, 15) is 10.1 Å². The molecule has 1 saturated heterocycles. The Morgan fingerprint density at radius 2 is 2.05 bits per heavy atom. The summed E-state index contributed by atoms with van der Waals surface area (Å²) in [5.74, 6) is -0.0800. The van der Waals surface area contributed by atoms with Crippen molar-refractivity contribution in [3.05, 3.63) is 35.2 Å². The lowest BCUT2D eigenvalue weighted by Gasteiger charge is -2.33. The van der Waals surface area contributed by atoms with Crippen LogP contribution in [0.3, 0.4) is 0 Å². The highest BCUT2D eigenvalue weighted by Crippen LogP contribution is 2.32. The maximum atomic E-state index is 12.1. The summed E-state index contributed by atoms with van der Waals surface area (Å²) >= 11 is 0. The standard InChI is InChI=1S/C15H15N3O/c16-10-12-13(19)9-11-5-4-6-17-14(11)15(12)18-7-2-1-3-8-18/h4-6H,1-3,7-9H2. The molecule has 1 fully saturated rings. The maximum Gasteiger partial charge on any atom is 0.180 e. The van der Waals surface area contributed by atoms with Crippen molar-refractivity contribution in [2.45, 2.75) is 25.7 Å². The van der Waals surface area contributed by atoms with Crippen LogP contribution in [0.2, 0.25) is 0 Å². The SMILES string of the molecule is N#CC1=C(N2CCCCC2)c2ncccc2CC1=O. The number of allylic oxidation sites excluding steroid dienone is 1. The van der Waals surface area contributed by atoms with Crippen LogP contribution in [0.1, 0.15) is 30.5 Å². The molecule has 0 unspecified atom stereocenters. The van der Waals surface area contributed by atoms with Crippen molar-refractivity contribution in [1.82, 2.24) is 9.88 Å². The van der Waals surface area contributed by atoms with Gasteiger partial charge < -0.3 is 4.90 Å². The highest BCUT2D eigenvalue weighted by Gasteiger charge is 2.30. The fourth-order valence-corrected chi connectivity index (χ4v) is 2.85. The molecule has 0 N–H and O–H groups in total. The molecule has 0 radical (unpaired) electrons. The zero-order valence-corrected chi connectivity index (χ0v) is 10.7. The number of fused-ring (bicyclic) bond motifs is 1. The summed E-state index contributed by atoms with van der Waals surface area (Å²) in [5, 5.41) is 9.30. The topological polar surface area (TPSA) is 57.0 Å². The van der Waals surface area contributed by atoms with Gasteiger partial charge in [0, 0.05) is 25.7 Å². The van der Waals surface area contributed by atoms with Crippen LogP contribution >= 0.6 is 0 Å². The predicted molar refractivity (Wildman–Crippen MR) is 70.9 cm³/mol. The van der Waals surface area contributed by atoms with Crippen LogP contribution in [-0.4, -0.2) is 28.8 Å². The number of likely N-dealkylation sites (tertiary alicyclic amines) is 1. The van der Waals surface area contributed by atoms with Gasteiger partial charge in [-0.15, -0.1) is 0 Å². The number of carbonyl (C=O) groups excluding carboxylic acids is 1. The molecule has 1 aliphatic carbocycles.